The number of thiophene rings is 1. The lowest BCUT2D eigenvalue weighted by molar-refractivity contribution is 0.0703. The Labute approximate surface area is 188 Å². The summed E-state index contributed by atoms with van der Waals surface area (Å²) in [6.45, 7) is 5.85. The van der Waals surface area contributed by atoms with Crippen LogP contribution in [0, 0.1) is 6.92 Å². The zero-order chi connectivity index (χ0) is 22.8. The number of hydrogen-bond acceptors (Lipinski definition) is 6. The minimum absolute atomic E-state index is 0.0550. The maximum atomic E-state index is 12.9. The molecule has 4 heterocycles. The first-order valence-electron chi connectivity index (χ1n) is 9.98. The van der Waals surface area contributed by atoms with E-state index in [0.29, 0.717) is 33.2 Å². The van der Waals surface area contributed by atoms with E-state index in [0.717, 1.165) is 16.9 Å². The number of hydrogen-bond donors (Lipinski definition) is 2. The Morgan fingerprint density at radius 2 is 1.88 bits per heavy atom. The molecule has 1 aliphatic rings. The van der Waals surface area contributed by atoms with Gasteiger partial charge in [0.15, 0.2) is 0 Å². The third kappa shape index (κ3) is 3.63. The molecule has 0 saturated carbocycles. The van der Waals surface area contributed by atoms with Crippen molar-refractivity contribution < 1.29 is 19.4 Å². The highest BCUT2D eigenvalue weighted by molar-refractivity contribution is 7.21. The Balaban J connectivity index is 0.00000119. The average Bonchev–Trinajstić information content (AvgIpc) is 3.17. The van der Waals surface area contributed by atoms with Gasteiger partial charge in [-0.2, -0.15) is 0 Å². The van der Waals surface area contributed by atoms with E-state index in [2.05, 4.69) is 15.3 Å². The van der Waals surface area contributed by atoms with Crippen molar-refractivity contribution in [3.63, 3.8) is 0 Å². The van der Waals surface area contributed by atoms with E-state index in [4.69, 9.17) is 4.74 Å². The van der Waals surface area contributed by atoms with E-state index in [-0.39, 0.29) is 10.6 Å². The highest BCUT2D eigenvalue weighted by Gasteiger charge is 2.33. The second-order valence-electron chi connectivity index (χ2n) is 6.61. The molecule has 1 aromatic carbocycles. The lowest BCUT2D eigenvalue weighted by atomic mass is 10.1. The Morgan fingerprint density at radius 1 is 1.12 bits per heavy atom. The zero-order valence-electron chi connectivity index (χ0n) is 17.6. The molecule has 0 fully saturated rings. The number of pyridine rings is 2. The highest BCUT2D eigenvalue weighted by atomic mass is 32.1. The van der Waals surface area contributed by atoms with Gasteiger partial charge < -0.3 is 15.2 Å². The molecular weight excluding hydrogens is 428 g/mol. The number of ether oxygens (including phenoxy) is 1. The number of carboxylic acid groups (broad SMARTS) is 1. The van der Waals surface area contributed by atoms with Gasteiger partial charge >= 0.3 is 12.0 Å². The van der Waals surface area contributed by atoms with Crippen LogP contribution in [0.15, 0.2) is 54.9 Å². The van der Waals surface area contributed by atoms with Gasteiger partial charge in [0.25, 0.3) is 0 Å². The van der Waals surface area contributed by atoms with Gasteiger partial charge in [0.05, 0.1) is 28.6 Å². The summed E-state index contributed by atoms with van der Waals surface area (Å²) in [6, 6.07) is 12.3. The van der Waals surface area contributed by atoms with Crippen molar-refractivity contribution >= 4 is 50.6 Å². The van der Waals surface area contributed by atoms with Gasteiger partial charge in [-0.1, -0.05) is 32.0 Å². The summed E-state index contributed by atoms with van der Waals surface area (Å²) in [6.07, 6.45) is 3.12. The topological polar surface area (TPSA) is 105 Å². The summed E-state index contributed by atoms with van der Waals surface area (Å²) in [5.74, 6) is -0.0371. The number of aromatic carboxylic acids is 1. The highest BCUT2D eigenvalue weighted by Crippen LogP contribution is 2.46. The Bertz CT molecular complexity index is 1320. The van der Waals surface area contributed by atoms with Crippen LogP contribution >= 0.6 is 11.3 Å². The Morgan fingerprint density at radius 3 is 2.56 bits per heavy atom. The maximum absolute atomic E-state index is 12.9. The molecule has 2 N–H and O–H groups in total. The standard InChI is InChI=1S/C21H14N4O4S.C2H6/c1-11-9-15(29-12-5-3-2-4-6-12)23-10-14(11)25-13-7-8-22-19-16(13)17(24-21(25)28)18(30-19)20(26)27;1-2/h2-10H,1H3,(H,24,28)(H,26,27);1-2H3. The van der Waals surface area contributed by atoms with E-state index in [1.54, 1.807) is 24.5 Å². The fourth-order valence-corrected chi connectivity index (χ4v) is 4.35. The second-order valence-corrected chi connectivity index (χ2v) is 7.61. The second kappa shape index (κ2) is 8.64. The molecule has 5 rings (SSSR count). The summed E-state index contributed by atoms with van der Waals surface area (Å²) >= 11 is 1.03. The predicted octanol–water partition coefficient (Wildman–Crippen LogP) is 6.20. The van der Waals surface area contributed by atoms with Gasteiger partial charge in [0, 0.05) is 12.3 Å². The van der Waals surface area contributed by atoms with Crippen molar-refractivity contribution in [3.05, 3.63) is 65.3 Å². The number of amides is 2. The van der Waals surface area contributed by atoms with Crippen molar-refractivity contribution in [1.82, 2.24) is 9.97 Å². The molecule has 1 aliphatic heterocycles. The van der Waals surface area contributed by atoms with Crippen LogP contribution in [0.5, 0.6) is 11.6 Å². The third-order valence-electron chi connectivity index (χ3n) is 4.70. The Hall–Kier alpha value is -3.98. The van der Waals surface area contributed by atoms with Crippen LogP contribution in [0.1, 0.15) is 29.1 Å². The van der Waals surface area contributed by atoms with Crippen molar-refractivity contribution in [1.29, 1.82) is 0 Å². The summed E-state index contributed by atoms with van der Waals surface area (Å²) in [4.78, 5) is 35.2. The van der Waals surface area contributed by atoms with Crippen LogP contribution in [0.2, 0.25) is 0 Å². The number of carbonyl (C=O) groups excluding carboxylic acids is 1. The lowest BCUT2D eigenvalue weighted by Gasteiger charge is -2.29. The predicted molar refractivity (Wildman–Crippen MR) is 125 cm³/mol. The first-order valence-corrected chi connectivity index (χ1v) is 10.8. The number of aromatic nitrogens is 2. The van der Waals surface area contributed by atoms with Crippen LogP contribution in [0.4, 0.5) is 21.9 Å². The van der Waals surface area contributed by atoms with Gasteiger partial charge in [-0.25, -0.2) is 19.6 Å². The van der Waals surface area contributed by atoms with Crippen LogP contribution in [0.3, 0.4) is 0 Å². The number of aryl methyl sites for hydroxylation is 1. The minimum atomic E-state index is -1.10. The number of nitrogens with one attached hydrogen (secondary N) is 1. The molecule has 0 saturated heterocycles. The largest absolute Gasteiger partial charge is 0.477 e. The summed E-state index contributed by atoms with van der Waals surface area (Å²) in [5.41, 5.74) is 2.17. The van der Waals surface area contributed by atoms with Crippen molar-refractivity contribution in [2.24, 2.45) is 0 Å². The summed E-state index contributed by atoms with van der Waals surface area (Å²) in [5, 5.41) is 12.8. The van der Waals surface area contributed by atoms with E-state index in [1.165, 1.54) is 4.90 Å². The van der Waals surface area contributed by atoms with Crippen LogP contribution in [-0.2, 0) is 0 Å². The van der Waals surface area contributed by atoms with Crippen LogP contribution in [0.25, 0.3) is 10.2 Å². The molecule has 0 atom stereocenters. The fraction of sp³-hybridized carbons (Fsp3) is 0.130. The van der Waals surface area contributed by atoms with Crippen molar-refractivity contribution in [2.75, 3.05) is 10.2 Å². The molecule has 0 unspecified atom stereocenters. The average molecular weight is 449 g/mol. The number of urea groups is 1. The minimum Gasteiger partial charge on any atom is -0.477 e. The molecule has 9 heteroatoms. The van der Waals surface area contributed by atoms with Crippen molar-refractivity contribution in [2.45, 2.75) is 20.8 Å². The fourth-order valence-electron chi connectivity index (χ4n) is 3.40. The molecule has 8 nitrogen and oxygen atoms in total. The van der Waals surface area contributed by atoms with Gasteiger partial charge in [0.1, 0.15) is 15.5 Å². The van der Waals surface area contributed by atoms with E-state index in [9.17, 15) is 14.7 Å². The number of carbonyl (C=O) groups is 2. The number of anilines is 3. The molecule has 3 aromatic heterocycles. The lowest BCUT2D eigenvalue weighted by Crippen LogP contribution is -2.34. The molecule has 0 radical (unpaired) electrons. The number of nitrogens with zero attached hydrogens (tertiary/aromatic N) is 3. The molecule has 2 amide bonds. The maximum Gasteiger partial charge on any atom is 0.348 e. The van der Waals surface area contributed by atoms with Crippen molar-refractivity contribution in [3.8, 4) is 11.6 Å². The summed E-state index contributed by atoms with van der Waals surface area (Å²) in [7, 11) is 0. The third-order valence-corrected chi connectivity index (χ3v) is 5.79. The Kier molecular flexibility index (Phi) is 5.74. The molecule has 32 heavy (non-hydrogen) atoms. The monoisotopic (exact) mass is 448 g/mol. The zero-order valence-corrected chi connectivity index (χ0v) is 18.4. The number of rotatable bonds is 4. The van der Waals surface area contributed by atoms with E-state index >= 15 is 0 Å². The molecule has 162 valence electrons. The summed E-state index contributed by atoms with van der Waals surface area (Å²) < 4.78 is 5.77. The molecule has 0 spiro atoms. The van der Waals surface area contributed by atoms with Crippen LogP contribution < -0.4 is 15.0 Å². The van der Waals surface area contributed by atoms with Gasteiger partial charge in [-0.3, -0.25) is 4.90 Å². The van der Waals surface area contributed by atoms with Crippen LogP contribution in [-0.4, -0.2) is 27.1 Å². The smallest absolute Gasteiger partial charge is 0.348 e. The quantitative estimate of drug-likeness (QED) is 0.385. The van der Waals surface area contributed by atoms with Gasteiger partial charge in [-0.15, -0.1) is 11.3 Å². The van der Waals surface area contributed by atoms with Gasteiger partial charge in [-0.05, 0) is 30.7 Å². The molecular formula is C23H20N4O4S. The SMILES string of the molecule is CC.Cc1cc(Oc2ccccc2)ncc1N1C(=O)Nc2c(C(=O)O)sc3nccc1c23. The first kappa shape index (κ1) is 21.3. The number of carboxylic acids is 1. The first-order chi connectivity index (χ1) is 15.5. The van der Waals surface area contributed by atoms with Gasteiger partial charge in [0.2, 0.25) is 5.88 Å². The number of benzene rings is 1. The molecule has 4 aromatic rings. The van der Waals surface area contributed by atoms with E-state index in [1.807, 2.05) is 51.1 Å². The molecule has 0 aliphatic carbocycles. The van der Waals surface area contributed by atoms with E-state index < -0.39 is 12.0 Å². The normalized spacial score (nSPS) is 12.1. The molecule has 0 bridgehead atoms. The number of para-hydroxylation sites is 1.